The molecule has 0 aliphatic carbocycles. The summed E-state index contributed by atoms with van der Waals surface area (Å²) in [5.41, 5.74) is 5.47. The number of nitriles is 1. The molecular formula is C28H24N2OS2. The van der Waals surface area contributed by atoms with Gasteiger partial charge in [0.15, 0.2) is 0 Å². The Labute approximate surface area is 203 Å². The Morgan fingerprint density at radius 3 is 2.06 bits per heavy atom. The van der Waals surface area contributed by atoms with Crippen molar-refractivity contribution in [2.75, 3.05) is 11.5 Å². The first-order chi connectivity index (χ1) is 16.2. The molecule has 4 rings (SSSR count). The zero-order chi connectivity index (χ0) is 22.9. The van der Waals surface area contributed by atoms with E-state index in [-0.39, 0.29) is 0 Å². The molecular weight excluding hydrogens is 444 g/mol. The summed E-state index contributed by atoms with van der Waals surface area (Å²) < 4.78 is 0. The Balaban J connectivity index is 1.54. The minimum absolute atomic E-state index is 0.482. The van der Waals surface area contributed by atoms with E-state index < -0.39 is 6.10 Å². The van der Waals surface area contributed by atoms with Crippen molar-refractivity contribution >= 4 is 23.5 Å². The van der Waals surface area contributed by atoms with Gasteiger partial charge in [-0.05, 0) is 17.2 Å². The topological polar surface area (TPSA) is 56.9 Å². The van der Waals surface area contributed by atoms with Crippen LogP contribution in [0.15, 0.2) is 102 Å². The summed E-state index contributed by atoms with van der Waals surface area (Å²) in [4.78, 5) is 4.82. The second-order valence-corrected chi connectivity index (χ2v) is 9.58. The summed E-state index contributed by atoms with van der Waals surface area (Å²) >= 11 is 3.16. The van der Waals surface area contributed by atoms with E-state index in [1.54, 1.807) is 11.8 Å². The highest BCUT2D eigenvalue weighted by Crippen LogP contribution is 2.34. The molecule has 0 bridgehead atoms. The molecule has 1 N–H and O–H groups in total. The fourth-order valence-corrected chi connectivity index (χ4v) is 5.46. The number of aromatic nitrogens is 1. The maximum absolute atomic E-state index is 10.6. The van der Waals surface area contributed by atoms with Crippen LogP contribution in [0, 0.1) is 11.3 Å². The molecule has 0 aliphatic heterocycles. The molecule has 0 radical (unpaired) electrons. The molecule has 164 valence electrons. The Morgan fingerprint density at radius 1 is 0.818 bits per heavy atom. The van der Waals surface area contributed by atoms with Crippen LogP contribution in [0.3, 0.4) is 0 Å². The summed E-state index contributed by atoms with van der Waals surface area (Å²) in [5.74, 6) is 1.98. The number of nitrogens with zero attached hydrogens (tertiary/aromatic N) is 2. The largest absolute Gasteiger partial charge is 0.391 e. The molecule has 1 heterocycles. The molecule has 0 saturated heterocycles. The van der Waals surface area contributed by atoms with Gasteiger partial charge in [-0.3, -0.25) is 0 Å². The van der Waals surface area contributed by atoms with Gasteiger partial charge in [0.25, 0.3) is 0 Å². The quantitative estimate of drug-likeness (QED) is 0.278. The van der Waals surface area contributed by atoms with E-state index in [9.17, 15) is 10.4 Å². The van der Waals surface area contributed by atoms with Crippen LogP contribution >= 0.6 is 23.5 Å². The van der Waals surface area contributed by atoms with Crippen molar-refractivity contribution in [1.82, 2.24) is 4.98 Å². The molecule has 1 unspecified atom stereocenters. The fraction of sp³-hybridized carbons (Fsp3) is 0.143. The molecule has 0 aliphatic rings. The van der Waals surface area contributed by atoms with Crippen LogP contribution in [-0.4, -0.2) is 27.7 Å². The highest BCUT2D eigenvalue weighted by Gasteiger charge is 2.17. The Morgan fingerprint density at radius 2 is 1.42 bits per heavy atom. The minimum Gasteiger partial charge on any atom is -0.391 e. The maximum atomic E-state index is 10.6. The van der Waals surface area contributed by atoms with Crippen molar-refractivity contribution < 1.29 is 5.11 Å². The van der Waals surface area contributed by atoms with Crippen LogP contribution in [0.25, 0.3) is 22.4 Å². The molecule has 1 atom stereocenters. The lowest BCUT2D eigenvalue weighted by Gasteiger charge is -2.14. The van der Waals surface area contributed by atoms with Gasteiger partial charge in [-0.2, -0.15) is 17.0 Å². The minimum atomic E-state index is -0.488. The van der Waals surface area contributed by atoms with Gasteiger partial charge in [0.05, 0.1) is 17.4 Å². The molecule has 33 heavy (non-hydrogen) atoms. The standard InChI is InChI=1S/C28H24N2OS2/c29-17-26-25(22-12-6-2-7-13-22)16-27(23-14-8-3-9-15-23)30-28(26)33-20-24(31)19-32-18-21-10-4-1-5-11-21/h1-16,24,31H,18-20H2. The van der Waals surface area contributed by atoms with E-state index in [0.29, 0.717) is 22.1 Å². The number of hydrogen-bond acceptors (Lipinski definition) is 5. The summed E-state index contributed by atoms with van der Waals surface area (Å²) in [7, 11) is 0. The molecule has 3 nitrogen and oxygen atoms in total. The number of thioether (sulfide) groups is 2. The third kappa shape index (κ3) is 6.27. The summed E-state index contributed by atoms with van der Waals surface area (Å²) in [6.45, 7) is 0. The third-order valence-corrected chi connectivity index (χ3v) is 7.36. The van der Waals surface area contributed by atoms with Gasteiger partial charge in [0, 0.05) is 28.4 Å². The second-order valence-electron chi connectivity index (χ2n) is 7.54. The second kappa shape index (κ2) is 11.7. The monoisotopic (exact) mass is 468 g/mol. The van der Waals surface area contributed by atoms with Gasteiger partial charge < -0.3 is 5.11 Å². The molecule has 0 fully saturated rings. The lowest BCUT2D eigenvalue weighted by atomic mass is 9.99. The van der Waals surface area contributed by atoms with Gasteiger partial charge in [-0.1, -0.05) is 91.0 Å². The maximum Gasteiger partial charge on any atom is 0.115 e. The van der Waals surface area contributed by atoms with Crippen molar-refractivity contribution in [3.8, 4) is 28.5 Å². The normalized spacial score (nSPS) is 11.6. The molecule has 5 heteroatoms. The zero-order valence-corrected chi connectivity index (χ0v) is 19.7. The van der Waals surface area contributed by atoms with Crippen LogP contribution in [0.2, 0.25) is 0 Å². The predicted molar refractivity (Wildman–Crippen MR) is 139 cm³/mol. The SMILES string of the molecule is N#Cc1c(-c2ccccc2)cc(-c2ccccc2)nc1SCC(O)CSCc1ccccc1. The smallest absolute Gasteiger partial charge is 0.115 e. The van der Waals surface area contributed by atoms with E-state index >= 15 is 0 Å². The van der Waals surface area contributed by atoms with Gasteiger partial charge >= 0.3 is 0 Å². The highest BCUT2D eigenvalue weighted by molar-refractivity contribution is 7.99. The van der Waals surface area contributed by atoms with Gasteiger partial charge in [0.1, 0.15) is 11.1 Å². The summed E-state index contributed by atoms with van der Waals surface area (Å²) in [6.07, 6.45) is -0.488. The predicted octanol–water partition coefficient (Wildman–Crippen LogP) is 6.67. The Bertz CT molecular complexity index is 1210. The molecule has 0 spiro atoms. The van der Waals surface area contributed by atoms with E-state index in [2.05, 4.69) is 18.2 Å². The van der Waals surface area contributed by atoms with E-state index in [4.69, 9.17) is 4.98 Å². The number of rotatable bonds is 9. The van der Waals surface area contributed by atoms with Crippen molar-refractivity contribution in [2.45, 2.75) is 16.9 Å². The summed E-state index contributed by atoms with van der Waals surface area (Å²) in [6, 6.07) is 34.5. The fourth-order valence-electron chi connectivity index (χ4n) is 3.45. The average Bonchev–Trinajstić information content (AvgIpc) is 2.88. The van der Waals surface area contributed by atoms with Crippen LogP contribution < -0.4 is 0 Å². The third-order valence-electron chi connectivity index (χ3n) is 5.09. The van der Waals surface area contributed by atoms with Crippen LogP contribution in [0.5, 0.6) is 0 Å². The Hall–Kier alpha value is -3.04. The molecule has 4 aromatic rings. The average molecular weight is 469 g/mol. The van der Waals surface area contributed by atoms with E-state index in [1.165, 1.54) is 17.3 Å². The molecule has 1 aromatic heterocycles. The van der Waals surface area contributed by atoms with Gasteiger partial charge in [-0.25, -0.2) is 4.98 Å². The zero-order valence-electron chi connectivity index (χ0n) is 18.1. The van der Waals surface area contributed by atoms with Crippen LogP contribution in [0.1, 0.15) is 11.1 Å². The molecule has 0 amide bonds. The first kappa shape index (κ1) is 23.1. The van der Waals surface area contributed by atoms with Crippen LogP contribution in [0.4, 0.5) is 0 Å². The molecule has 0 saturated carbocycles. The number of aliphatic hydroxyl groups is 1. The number of pyridine rings is 1. The van der Waals surface area contributed by atoms with Gasteiger partial charge in [0.2, 0.25) is 0 Å². The van der Waals surface area contributed by atoms with Crippen molar-refractivity contribution in [2.24, 2.45) is 0 Å². The summed E-state index contributed by atoms with van der Waals surface area (Å²) in [5, 5.41) is 21.2. The van der Waals surface area contributed by atoms with Crippen molar-refractivity contribution in [3.63, 3.8) is 0 Å². The lowest BCUT2D eigenvalue weighted by molar-refractivity contribution is 0.225. The first-order valence-corrected chi connectivity index (χ1v) is 12.9. The van der Waals surface area contributed by atoms with E-state index in [0.717, 1.165) is 28.1 Å². The van der Waals surface area contributed by atoms with Crippen LogP contribution in [-0.2, 0) is 5.75 Å². The first-order valence-electron chi connectivity index (χ1n) is 10.7. The van der Waals surface area contributed by atoms with Crippen molar-refractivity contribution in [3.05, 3.63) is 108 Å². The lowest BCUT2D eigenvalue weighted by Crippen LogP contribution is -2.13. The number of benzene rings is 3. The Kier molecular flexibility index (Phi) is 8.21. The highest BCUT2D eigenvalue weighted by atomic mass is 32.2. The number of hydrogen-bond donors (Lipinski definition) is 1. The van der Waals surface area contributed by atoms with E-state index in [1.807, 2.05) is 84.9 Å². The van der Waals surface area contributed by atoms with Gasteiger partial charge in [-0.15, -0.1) is 11.8 Å². The number of aliphatic hydroxyl groups excluding tert-OH is 1. The van der Waals surface area contributed by atoms with Crippen molar-refractivity contribution in [1.29, 1.82) is 5.26 Å². The molecule has 3 aromatic carbocycles.